The third-order valence-corrected chi connectivity index (χ3v) is 2.37. The van der Waals surface area contributed by atoms with E-state index >= 15 is 0 Å². The first kappa shape index (κ1) is 14.6. The molecule has 0 radical (unpaired) electrons. The van der Waals surface area contributed by atoms with Crippen LogP contribution in [0.15, 0.2) is 18.2 Å². The summed E-state index contributed by atoms with van der Waals surface area (Å²) in [5.41, 5.74) is 8.92. The third kappa shape index (κ3) is 5.27. The van der Waals surface area contributed by atoms with E-state index in [1.54, 1.807) is 0 Å². The Morgan fingerprint density at radius 2 is 1.60 bits per heavy atom. The molecule has 2 nitrogen and oxygen atoms in total. The predicted octanol–water partition coefficient (Wildman–Crippen LogP) is -0.201. The van der Waals surface area contributed by atoms with Gasteiger partial charge in [-0.05, 0) is 37.8 Å². The Balaban J connectivity index is 0. The van der Waals surface area contributed by atoms with E-state index in [1.807, 2.05) is 32.0 Å². The van der Waals surface area contributed by atoms with Gasteiger partial charge in [-0.25, -0.2) is 0 Å². The molecule has 0 spiro atoms. The van der Waals surface area contributed by atoms with Gasteiger partial charge in [0.1, 0.15) is 0 Å². The maximum Gasteiger partial charge on any atom is 1.00 e. The normalized spacial score (nSPS) is 13.7. The van der Waals surface area contributed by atoms with Gasteiger partial charge >= 0.3 is 18.9 Å². The molecule has 1 aromatic rings. The number of rotatable bonds is 0. The monoisotopic (exact) mass is 201 g/mol. The summed E-state index contributed by atoms with van der Waals surface area (Å²) in [4.78, 5) is 0. The molecule has 0 aromatic heterocycles. The van der Waals surface area contributed by atoms with Gasteiger partial charge in [-0.1, -0.05) is 18.2 Å². The van der Waals surface area contributed by atoms with Crippen LogP contribution in [0.25, 0.3) is 0 Å². The zero-order valence-electron chi connectivity index (χ0n) is 11.0. The number of nitrogen functional groups attached to an aromatic ring is 1. The van der Waals surface area contributed by atoms with E-state index in [9.17, 15) is 0 Å². The molecule has 1 aliphatic rings. The average Bonchev–Trinajstić information content (AvgIpc) is 2.72. The maximum atomic E-state index is 5.68. The van der Waals surface area contributed by atoms with Crippen LogP contribution in [-0.2, 0) is 4.74 Å². The van der Waals surface area contributed by atoms with Gasteiger partial charge < -0.3 is 11.9 Å². The molecule has 1 saturated heterocycles. The van der Waals surface area contributed by atoms with Gasteiger partial charge in [0.05, 0.1) is 0 Å². The van der Waals surface area contributed by atoms with Crippen LogP contribution in [0.4, 0.5) is 5.69 Å². The van der Waals surface area contributed by atoms with Crippen molar-refractivity contribution >= 4 is 5.69 Å². The Bertz CT molecular complexity index is 262. The smallest absolute Gasteiger partial charge is 1.00 e. The van der Waals surface area contributed by atoms with E-state index in [0.29, 0.717) is 0 Å². The largest absolute Gasteiger partial charge is 1.00 e. The molecule has 1 fully saturated rings. The predicted molar refractivity (Wildman–Crippen MR) is 61.5 cm³/mol. The summed E-state index contributed by atoms with van der Waals surface area (Å²) in [5, 5.41) is 0. The summed E-state index contributed by atoms with van der Waals surface area (Å²) < 4.78 is 4.94. The number of nitrogens with two attached hydrogens (primary N) is 1. The van der Waals surface area contributed by atoms with Gasteiger partial charge in [-0.15, -0.1) is 0 Å². The maximum absolute atomic E-state index is 5.68. The second-order valence-corrected chi connectivity index (χ2v) is 3.62. The molecule has 0 atom stereocenters. The Labute approximate surface area is 106 Å². The summed E-state index contributed by atoms with van der Waals surface area (Å²) in [5.74, 6) is 0. The van der Waals surface area contributed by atoms with E-state index in [1.165, 1.54) is 12.8 Å². The van der Waals surface area contributed by atoms with Crippen molar-refractivity contribution in [3.05, 3.63) is 29.3 Å². The quantitative estimate of drug-likeness (QED) is 0.466. The van der Waals surface area contributed by atoms with Crippen LogP contribution in [0.1, 0.15) is 25.4 Å². The van der Waals surface area contributed by atoms with Gasteiger partial charge in [0.2, 0.25) is 0 Å². The molecule has 1 aliphatic heterocycles. The fourth-order valence-electron chi connectivity index (χ4n) is 1.34. The minimum atomic E-state index is 0. The van der Waals surface area contributed by atoms with Crippen molar-refractivity contribution in [2.24, 2.45) is 0 Å². The zero-order valence-corrected chi connectivity index (χ0v) is 10.0. The summed E-state index contributed by atoms with van der Waals surface area (Å²) in [6, 6.07) is 6.05. The number of aryl methyl sites for hydroxylation is 2. The number of para-hydroxylation sites is 1. The number of benzene rings is 1. The Kier molecular flexibility index (Phi) is 7.60. The Hall–Kier alpha value is -0.423. The van der Waals surface area contributed by atoms with Gasteiger partial charge in [-0.3, -0.25) is 0 Å². The molecular formula is C12H20LiNO. The van der Waals surface area contributed by atoms with Crippen molar-refractivity contribution in [3.63, 3.8) is 0 Å². The fourth-order valence-corrected chi connectivity index (χ4v) is 1.34. The molecule has 2 rings (SSSR count). The average molecular weight is 201 g/mol. The van der Waals surface area contributed by atoms with Crippen molar-refractivity contribution in [1.82, 2.24) is 0 Å². The molecule has 1 aromatic carbocycles. The molecule has 0 saturated carbocycles. The van der Waals surface area contributed by atoms with E-state index in [2.05, 4.69) is 0 Å². The Morgan fingerprint density at radius 3 is 1.87 bits per heavy atom. The van der Waals surface area contributed by atoms with Crippen LogP contribution in [0, 0.1) is 13.8 Å². The molecule has 0 aliphatic carbocycles. The van der Waals surface area contributed by atoms with Crippen LogP contribution >= 0.6 is 0 Å². The molecule has 0 bridgehead atoms. The Morgan fingerprint density at radius 1 is 1.13 bits per heavy atom. The number of ether oxygens (including phenoxy) is 1. The molecule has 80 valence electrons. The van der Waals surface area contributed by atoms with Crippen LogP contribution < -0.4 is 24.6 Å². The zero-order chi connectivity index (χ0) is 10.4. The first-order valence-electron chi connectivity index (χ1n) is 5.11. The molecule has 3 heteroatoms. The number of anilines is 1. The fraction of sp³-hybridized carbons (Fsp3) is 0.500. The van der Waals surface area contributed by atoms with E-state index < -0.39 is 0 Å². The van der Waals surface area contributed by atoms with Crippen LogP contribution in [0.5, 0.6) is 0 Å². The van der Waals surface area contributed by atoms with Gasteiger partial charge in [0.15, 0.2) is 0 Å². The summed E-state index contributed by atoms with van der Waals surface area (Å²) in [7, 11) is 0. The van der Waals surface area contributed by atoms with Crippen LogP contribution in [0.3, 0.4) is 0 Å². The molecule has 0 amide bonds. The van der Waals surface area contributed by atoms with Crippen molar-refractivity contribution in [2.75, 3.05) is 18.9 Å². The van der Waals surface area contributed by atoms with Crippen molar-refractivity contribution in [2.45, 2.75) is 26.7 Å². The molecule has 15 heavy (non-hydrogen) atoms. The summed E-state index contributed by atoms with van der Waals surface area (Å²) >= 11 is 0. The molecular weight excluding hydrogens is 181 g/mol. The first-order valence-corrected chi connectivity index (χ1v) is 5.11. The second kappa shape index (κ2) is 7.82. The first-order chi connectivity index (χ1) is 6.72. The number of hydrogen-bond acceptors (Lipinski definition) is 2. The van der Waals surface area contributed by atoms with Crippen molar-refractivity contribution in [1.29, 1.82) is 0 Å². The summed E-state index contributed by atoms with van der Waals surface area (Å²) in [6.07, 6.45) is 2.56. The van der Waals surface area contributed by atoms with Crippen molar-refractivity contribution < 1.29 is 25.0 Å². The van der Waals surface area contributed by atoms with E-state index in [4.69, 9.17) is 10.5 Å². The van der Waals surface area contributed by atoms with Crippen molar-refractivity contribution in [3.8, 4) is 0 Å². The minimum absolute atomic E-state index is 0. The van der Waals surface area contributed by atoms with Gasteiger partial charge in [0, 0.05) is 18.9 Å². The standard InChI is InChI=1S/C8H11N.C4H8O.Li.H/c1-6-4-3-5-7(2)8(6)9;1-2-4-5-3-1;;/h3-5H,9H2,1-2H3;1-4H2;;/q;;+1;-1. The summed E-state index contributed by atoms with van der Waals surface area (Å²) in [6.45, 7) is 6.03. The third-order valence-electron chi connectivity index (χ3n) is 2.37. The van der Waals surface area contributed by atoms with E-state index in [-0.39, 0.29) is 20.3 Å². The topological polar surface area (TPSA) is 35.2 Å². The molecule has 0 unspecified atom stereocenters. The minimum Gasteiger partial charge on any atom is -1.00 e. The molecule has 1 heterocycles. The van der Waals surface area contributed by atoms with Crippen LogP contribution in [-0.4, -0.2) is 13.2 Å². The molecule has 2 N–H and O–H groups in total. The van der Waals surface area contributed by atoms with E-state index in [0.717, 1.165) is 30.0 Å². The number of hydrogen-bond donors (Lipinski definition) is 1. The SMILES string of the molecule is C1CCOC1.Cc1cccc(C)c1N.[H-].[Li+]. The van der Waals surface area contributed by atoms with Crippen LogP contribution in [0.2, 0.25) is 0 Å². The van der Waals surface area contributed by atoms with Gasteiger partial charge in [-0.2, -0.15) is 0 Å². The van der Waals surface area contributed by atoms with Gasteiger partial charge in [0.25, 0.3) is 0 Å². The second-order valence-electron chi connectivity index (χ2n) is 3.62.